The molecule has 0 bridgehead atoms. The van der Waals surface area contributed by atoms with Crippen LogP contribution in [0.5, 0.6) is 5.75 Å². The van der Waals surface area contributed by atoms with E-state index < -0.39 is 5.60 Å². The van der Waals surface area contributed by atoms with E-state index in [0.29, 0.717) is 24.2 Å². The van der Waals surface area contributed by atoms with Crippen LogP contribution in [0.4, 0.5) is 0 Å². The minimum atomic E-state index is -0.516. The molecule has 0 unspecified atom stereocenters. The maximum atomic E-state index is 11.4. The first-order valence-electron chi connectivity index (χ1n) is 15.1. The van der Waals surface area contributed by atoms with E-state index in [0.717, 1.165) is 76.8 Å². The lowest BCUT2D eigenvalue weighted by molar-refractivity contribution is -0.0565. The molecule has 0 radical (unpaired) electrons. The lowest BCUT2D eigenvalue weighted by atomic mass is 9.52. The molecule has 0 amide bonds. The largest absolute Gasteiger partial charge is 0.485 e. The van der Waals surface area contributed by atoms with Gasteiger partial charge in [-0.3, -0.25) is 4.90 Å². The van der Waals surface area contributed by atoms with Gasteiger partial charge in [0.25, 0.3) is 0 Å². The fraction of sp³-hybridized carbons (Fsp3) is 0.576. The highest BCUT2D eigenvalue weighted by molar-refractivity contribution is 5.45. The van der Waals surface area contributed by atoms with Gasteiger partial charge < -0.3 is 14.4 Å². The van der Waals surface area contributed by atoms with Crippen molar-refractivity contribution in [3.63, 3.8) is 0 Å². The Bertz CT molecular complexity index is 1240. The van der Waals surface area contributed by atoms with Gasteiger partial charge >= 0.3 is 0 Å². The van der Waals surface area contributed by atoms with Gasteiger partial charge in [0, 0.05) is 5.41 Å². The van der Waals surface area contributed by atoms with Crippen LogP contribution in [0, 0.1) is 5.92 Å². The minimum absolute atomic E-state index is 0.0600. The molecule has 2 aliphatic carbocycles. The summed E-state index contributed by atoms with van der Waals surface area (Å²) in [5.41, 5.74) is 3.77. The van der Waals surface area contributed by atoms with Crippen molar-refractivity contribution in [2.24, 2.45) is 5.92 Å². The molecule has 1 aromatic heterocycles. The SMILES string of the molecule is CCC[C@@]1(O)CC[C@@]2(Cc3ccccc3)c3ccc(OCc4noc(CN5CCCCC5)n4)cc3CC[C@@H]2C1. The third-order valence-corrected chi connectivity index (χ3v) is 9.58. The van der Waals surface area contributed by atoms with Gasteiger partial charge in [0.15, 0.2) is 6.61 Å². The highest BCUT2D eigenvalue weighted by atomic mass is 16.5. The van der Waals surface area contributed by atoms with E-state index in [9.17, 15) is 5.11 Å². The van der Waals surface area contributed by atoms with Gasteiger partial charge in [-0.1, -0.05) is 61.3 Å². The monoisotopic (exact) mass is 529 g/mol. The zero-order valence-corrected chi connectivity index (χ0v) is 23.4. The van der Waals surface area contributed by atoms with Crippen LogP contribution in [0.3, 0.4) is 0 Å². The second kappa shape index (κ2) is 11.4. The maximum absolute atomic E-state index is 11.4. The summed E-state index contributed by atoms with van der Waals surface area (Å²) in [5.74, 6) is 2.63. The molecule has 0 spiro atoms. The van der Waals surface area contributed by atoms with Crippen LogP contribution in [0.25, 0.3) is 0 Å². The quantitative estimate of drug-likeness (QED) is 0.346. The van der Waals surface area contributed by atoms with E-state index >= 15 is 0 Å². The number of nitrogens with zero attached hydrogens (tertiary/aromatic N) is 3. The molecule has 1 saturated carbocycles. The number of aryl methyl sites for hydroxylation is 1. The van der Waals surface area contributed by atoms with Crippen LogP contribution in [-0.4, -0.2) is 38.8 Å². The van der Waals surface area contributed by atoms with Crippen molar-refractivity contribution < 1.29 is 14.4 Å². The molecule has 208 valence electrons. The molecule has 6 rings (SSSR count). The van der Waals surface area contributed by atoms with Crippen LogP contribution in [-0.2, 0) is 31.4 Å². The smallest absolute Gasteiger partial charge is 0.240 e. The zero-order chi connectivity index (χ0) is 26.7. The summed E-state index contributed by atoms with van der Waals surface area (Å²) in [4.78, 5) is 6.97. The highest BCUT2D eigenvalue weighted by Gasteiger charge is 2.51. The number of aromatic nitrogens is 2. The Morgan fingerprint density at radius 3 is 2.74 bits per heavy atom. The van der Waals surface area contributed by atoms with E-state index in [2.05, 4.69) is 70.5 Å². The van der Waals surface area contributed by atoms with Crippen LogP contribution in [0.15, 0.2) is 53.1 Å². The Morgan fingerprint density at radius 1 is 1.08 bits per heavy atom. The maximum Gasteiger partial charge on any atom is 0.240 e. The summed E-state index contributed by atoms with van der Waals surface area (Å²) in [6, 6.07) is 17.6. The molecule has 3 atom stereocenters. The molecule has 2 fully saturated rings. The Labute approximate surface area is 232 Å². The summed E-state index contributed by atoms with van der Waals surface area (Å²) in [5, 5.41) is 15.6. The van der Waals surface area contributed by atoms with Crippen molar-refractivity contribution in [3.05, 3.63) is 76.9 Å². The summed E-state index contributed by atoms with van der Waals surface area (Å²) < 4.78 is 11.7. The fourth-order valence-electron chi connectivity index (χ4n) is 7.68. The number of aliphatic hydroxyl groups is 1. The van der Waals surface area contributed by atoms with E-state index in [-0.39, 0.29) is 5.41 Å². The molecule has 1 aliphatic heterocycles. The van der Waals surface area contributed by atoms with Crippen molar-refractivity contribution in [1.82, 2.24) is 15.0 Å². The highest BCUT2D eigenvalue weighted by Crippen LogP contribution is 2.55. The van der Waals surface area contributed by atoms with Crippen LogP contribution >= 0.6 is 0 Å². The lowest BCUT2D eigenvalue weighted by Crippen LogP contribution is -2.51. The first-order chi connectivity index (χ1) is 19.1. The predicted octanol–water partition coefficient (Wildman–Crippen LogP) is 6.39. The first-order valence-corrected chi connectivity index (χ1v) is 15.1. The molecule has 3 aliphatic rings. The van der Waals surface area contributed by atoms with E-state index in [1.165, 1.54) is 36.0 Å². The summed E-state index contributed by atoms with van der Waals surface area (Å²) >= 11 is 0. The Morgan fingerprint density at radius 2 is 1.92 bits per heavy atom. The molecule has 6 nitrogen and oxygen atoms in total. The van der Waals surface area contributed by atoms with Gasteiger partial charge in [-0.2, -0.15) is 4.98 Å². The molecule has 6 heteroatoms. The van der Waals surface area contributed by atoms with E-state index in [1.807, 2.05) is 0 Å². The predicted molar refractivity (Wildman–Crippen MR) is 152 cm³/mol. The van der Waals surface area contributed by atoms with Crippen LogP contribution in [0.1, 0.15) is 93.1 Å². The number of fused-ring (bicyclic) bond motifs is 3. The fourth-order valence-corrected chi connectivity index (χ4v) is 7.68. The van der Waals surface area contributed by atoms with Crippen LogP contribution < -0.4 is 4.74 Å². The minimum Gasteiger partial charge on any atom is -0.485 e. The number of rotatable bonds is 9. The lowest BCUT2D eigenvalue weighted by Gasteiger charge is -2.53. The molecule has 1 saturated heterocycles. The van der Waals surface area contributed by atoms with Crippen molar-refractivity contribution >= 4 is 0 Å². The Balaban J connectivity index is 1.19. The van der Waals surface area contributed by atoms with Crippen molar-refractivity contribution in [3.8, 4) is 5.75 Å². The number of ether oxygens (including phenoxy) is 1. The number of likely N-dealkylation sites (tertiary alicyclic amines) is 1. The summed E-state index contributed by atoms with van der Waals surface area (Å²) in [7, 11) is 0. The Kier molecular flexibility index (Phi) is 7.77. The second-order valence-electron chi connectivity index (χ2n) is 12.3. The zero-order valence-electron chi connectivity index (χ0n) is 23.4. The van der Waals surface area contributed by atoms with Gasteiger partial charge in [0.2, 0.25) is 11.7 Å². The molecule has 39 heavy (non-hydrogen) atoms. The number of hydrogen-bond donors (Lipinski definition) is 1. The summed E-state index contributed by atoms with van der Waals surface area (Å²) in [6.45, 7) is 5.43. The molecule has 3 aromatic rings. The molecule has 2 heterocycles. The summed E-state index contributed by atoms with van der Waals surface area (Å²) in [6.07, 6.45) is 11.7. The van der Waals surface area contributed by atoms with Gasteiger partial charge in [-0.15, -0.1) is 0 Å². The van der Waals surface area contributed by atoms with Crippen molar-refractivity contribution in [2.45, 2.75) is 102 Å². The number of piperidine rings is 1. The molecular weight excluding hydrogens is 486 g/mol. The average molecular weight is 530 g/mol. The van der Waals surface area contributed by atoms with Crippen molar-refractivity contribution in [1.29, 1.82) is 0 Å². The number of benzene rings is 2. The van der Waals surface area contributed by atoms with E-state index in [4.69, 9.17) is 9.26 Å². The van der Waals surface area contributed by atoms with Gasteiger partial charge in [-0.05, 0) is 106 Å². The third-order valence-electron chi connectivity index (χ3n) is 9.58. The normalized spacial score (nSPS) is 27.1. The second-order valence-corrected chi connectivity index (χ2v) is 12.3. The number of hydrogen-bond acceptors (Lipinski definition) is 6. The third kappa shape index (κ3) is 5.78. The average Bonchev–Trinajstić information content (AvgIpc) is 3.40. The van der Waals surface area contributed by atoms with E-state index in [1.54, 1.807) is 0 Å². The van der Waals surface area contributed by atoms with Gasteiger partial charge in [0.1, 0.15) is 5.75 Å². The molecule has 1 N–H and O–H groups in total. The van der Waals surface area contributed by atoms with Gasteiger partial charge in [0.05, 0.1) is 12.1 Å². The van der Waals surface area contributed by atoms with Crippen LogP contribution in [0.2, 0.25) is 0 Å². The molecule has 2 aromatic carbocycles. The first kappa shape index (κ1) is 26.5. The topological polar surface area (TPSA) is 71.6 Å². The van der Waals surface area contributed by atoms with Crippen molar-refractivity contribution in [2.75, 3.05) is 13.1 Å². The standard InChI is InChI=1S/C33H43N3O3/c1-2-15-32(37)16-17-33(21-25-9-5-3-6-10-25)27(22-32)12-11-26-20-28(13-14-29(26)33)38-24-30-34-31(39-35-30)23-36-18-7-4-8-19-36/h3,5-6,9-10,13-14,20,27,37H,2,4,7-8,11-12,15-19,21-24H2,1H3/t27-,32-,33+/m1/s1. The molecular formula is C33H43N3O3. The van der Waals surface area contributed by atoms with Gasteiger partial charge in [-0.25, -0.2) is 0 Å². The Hall–Kier alpha value is -2.70.